The minimum absolute atomic E-state index is 0.792. The molecule has 0 fully saturated rings. The lowest BCUT2D eigenvalue weighted by Crippen LogP contribution is -2.11. The van der Waals surface area contributed by atoms with Gasteiger partial charge >= 0.3 is 0 Å². The van der Waals surface area contributed by atoms with E-state index in [4.69, 9.17) is 8.83 Å². The van der Waals surface area contributed by atoms with E-state index in [0.29, 0.717) is 0 Å². The molecule has 0 atom stereocenters. The predicted octanol–water partition coefficient (Wildman–Crippen LogP) is 20.9. The Morgan fingerprint density at radius 1 is 0.237 bits per heavy atom. The number of rotatable bonds is 8. The summed E-state index contributed by atoms with van der Waals surface area (Å²) in [6.07, 6.45) is 0. The molecule has 0 aliphatic carbocycles. The quantitative estimate of drug-likeness (QED) is 0.152. The van der Waals surface area contributed by atoms with Crippen molar-refractivity contribution in [2.45, 2.75) is 0 Å². The van der Waals surface area contributed by atoms with Gasteiger partial charge in [0.2, 0.25) is 0 Å². The normalized spacial score (nSPS) is 12.0. The molecule has 0 spiro atoms. The van der Waals surface area contributed by atoms with Crippen molar-refractivity contribution in [1.29, 1.82) is 0 Å². The average molecular weight is 1020 g/mol. The lowest BCUT2D eigenvalue weighted by molar-refractivity contribution is 0.656. The first-order chi connectivity index (χ1) is 39.7. The summed E-state index contributed by atoms with van der Waals surface area (Å²) >= 11 is 0. The number of nitrogens with zero attached hydrogens (tertiary/aromatic N) is 4. The fourth-order valence-electron chi connectivity index (χ4n) is 12.8. The number of fused-ring (bicyclic) bond motifs is 14. The van der Waals surface area contributed by atoms with Crippen molar-refractivity contribution in [3.05, 3.63) is 279 Å². The van der Waals surface area contributed by atoms with E-state index in [9.17, 15) is 0 Å². The molecule has 80 heavy (non-hydrogen) atoms. The SMILES string of the molecule is c1ccc(N(c2ccc3cc4c(cc3c2)oc2cc3oc5cc6cc(N(c7ccccc7)c7cccc8c9ccccc9n(-c9ccccc9)c78)ccc6cc5c3cc24)c2cccc3c4ccccc4n(-c4ccccc4)c23)cc1. The molecule has 0 unspecified atom stereocenters. The second-order valence-corrected chi connectivity index (χ2v) is 20.9. The van der Waals surface area contributed by atoms with Crippen LogP contribution in [0, 0.1) is 0 Å². The highest BCUT2D eigenvalue weighted by molar-refractivity contribution is 6.20. The number of anilines is 6. The van der Waals surface area contributed by atoms with Gasteiger partial charge in [-0.25, -0.2) is 0 Å². The third-order valence-corrected chi connectivity index (χ3v) is 16.3. The van der Waals surface area contributed by atoms with Crippen LogP contribution in [0.3, 0.4) is 0 Å². The topological polar surface area (TPSA) is 42.6 Å². The highest BCUT2D eigenvalue weighted by Gasteiger charge is 2.25. The Morgan fingerprint density at radius 2 is 0.613 bits per heavy atom. The first-order valence-corrected chi connectivity index (χ1v) is 27.2. The minimum atomic E-state index is 0.792. The van der Waals surface area contributed by atoms with Gasteiger partial charge < -0.3 is 27.8 Å². The zero-order chi connectivity index (χ0) is 52.4. The molecule has 0 saturated carbocycles. The zero-order valence-electron chi connectivity index (χ0n) is 43.2. The zero-order valence-corrected chi connectivity index (χ0v) is 43.2. The molecule has 6 nitrogen and oxygen atoms in total. The molecule has 0 saturated heterocycles. The van der Waals surface area contributed by atoms with E-state index in [1.54, 1.807) is 0 Å². The van der Waals surface area contributed by atoms with Crippen molar-refractivity contribution >= 4 is 143 Å². The van der Waals surface area contributed by atoms with E-state index in [-0.39, 0.29) is 0 Å². The van der Waals surface area contributed by atoms with Crippen molar-refractivity contribution < 1.29 is 8.83 Å². The summed E-state index contributed by atoms with van der Waals surface area (Å²) in [6, 6.07) is 100. The lowest BCUT2D eigenvalue weighted by atomic mass is 10.0. The molecule has 17 aromatic rings. The first-order valence-electron chi connectivity index (χ1n) is 27.2. The molecule has 0 amide bonds. The molecular formula is C74H46N4O2. The molecular weight excluding hydrogens is 977 g/mol. The number of para-hydroxylation sites is 8. The molecule has 0 radical (unpaired) electrons. The van der Waals surface area contributed by atoms with Crippen LogP contribution in [0.2, 0.25) is 0 Å². The van der Waals surface area contributed by atoms with Gasteiger partial charge in [0.15, 0.2) is 0 Å². The van der Waals surface area contributed by atoms with Gasteiger partial charge in [0.05, 0.1) is 33.4 Å². The Kier molecular flexibility index (Phi) is 9.61. The maximum Gasteiger partial charge on any atom is 0.139 e. The smallest absolute Gasteiger partial charge is 0.139 e. The van der Waals surface area contributed by atoms with Gasteiger partial charge in [-0.1, -0.05) is 146 Å². The summed E-state index contributed by atoms with van der Waals surface area (Å²) in [4.78, 5) is 4.78. The van der Waals surface area contributed by atoms with E-state index < -0.39 is 0 Å². The Morgan fingerprint density at radius 3 is 1.06 bits per heavy atom. The fraction of sp³-hybridized carbons (Fsp3) is 0. The van der Waals surface area contributed by atoms with Crippen LogP contribution in [0.25, 0.3) is 120 Å². The highest BCUT2D eigenvalue weighted by Crippen LogP contribution is 2.47. The molecule has 374 valence electrons. The summed E-state index contributed by atoms with van der Waals surface area (Å²) in [5.41, 5.74) is 16.6. The van der Waals surface area contributed by atoms with Crippen molar-refractivity contribution in [1.82, 2.24) is 9.13 Å². The van der Waals surface area contributed by atoms with Gasteiger partial charge in [0.1, 0.15) is 22.3 Å². The largest absolute Gasteiger partial charge is 0.456 e. The van der Waals surface area contributed by atoms with Gasteiger partial charge in [-0.15, -0.1) is 0 Å². The molecule has 6 heteroatoms. The predicted molar refractivity (Wildman–Crippen MR) is 334 cm³/mol. The van der Waals surface area contributed by atoms with E-state index in [1.165, 1.54) is 32.6 Å². The maximum absolute atomic E-state index is 6.80. The highest BCUT2D eigenvalue weighted by atomic mass is 16.3. The van der Waals surface area contributed by atoms with Gasteiger partial charge in [0, 0.05) is 83.3 Å². The van der Waals surface area contributed by atoms with Crippen LogP contribution in [-0.4, -0.2) is 9.13 Å². The Hall–Kier alpha value is -10.8. The number of hydrogen-bond acceptors (Lipinski definition) is 4. The molecule has 4 heterocycles. The number of furan rings is 2. The number of hydrogen-bond donors (Lipinski definition) is 0. The number of aromatic nitrogens is 2. The summed E-state index contributed by atoms with van der Waals surface area (Å²) in [5, 5.41) is 13.5. The van der Waals surface area contributed by atoms with E-state index in [1.807, 2.05) is 0 Å². The first kappa shape index (κ1) is 44.3. The van der Waals surface area contributed by atoms with E-state index >= 15 is 0 Å². The van der Waals surface area contributed by atoms with E-state index in [0.717, 1.165) is 122 Å². The molecule has 13 aromatic carbocycles. The van der Waals surface area contributed by atoms with Crippen LogP contribution >= 0.6 is 0 Å². The van der Waals surface area contributed by atoms with Crippen LogP contribution in [0.5, 0.6) is 0 Å². The Labute approximate surface area is 459 Å². The minimum Gasteiger partial charge on any atom is -0.456 e. The molecule has 0 bridgehead atoms. The molecule has 0 aliphatic heterocycles. The van der Waals surface area contributed by atoms with E-state index in [2.05, 4.69) is 298 Å². The molecule has 0 N–H and O–H groups in total. The van der Waals surface area contributed by atoms with Crippen LogP contribution in [-0.2, 0) is 0 Å². The Balaban J connectivity index is 0.782. The average Bonchev–Trinajstić information content (AvgIpc) is 4.44. The second-order valence-electron chi connectivity index (χ2n) is 20.9. The Bertz CT molecular complexity index is 4980. The van der Waals surface area contributed by atoms with Crippen LogP contribution in [0.1, 0.15) is 0 Å². The third kappa shape index (κ3) is 6.72. The lowest BCUT2D eigenvalue weighted by Gasteiger charge is -2.27. The van der Waals surface area contributed by atoms with Gasteiger partial charge in [0.25, 0.3) is 0 Å². The van der Waals surface area contributed by atoms with Crippen molar-refractivity contribution in [3.63, 3.8) is 0 Å². The summed E-state index contributed by atoms with van der Waals surface area (Å²) in [7, 11) is 0. The molecule has 4 aromatic heterocycles. The molecule has 0 aliphatic rings. The summed E-state index contributed by atoms with van der Waals surface area (Å²) < 4.78 is 18.4. The standard InChI is InChI=1S/C74H46N4O2/c1-5-19-51(20-6-1)75(67-33-17-29-59-57-27-13-15-31-65(57)77(73(59)67)53-23-9-3-10-24-53)55-37-35-47-41-61-63-45-64-62-42-48-36-38-56(40-50(48)44-70(62)80-72(64)46-71(63)79-69(61)43-49(47)39-55)76(52-21-7-2-8-22-52)68-34-18-30-60-58-28-14-16-32-66(58)78(74(60)68)54-25-11-4-12-26-54/h1-46H. The van der Waals surface area contributed by atoms with Crippen molar-refractivity contribution in [3.8, 4) is 11.4 Å². The monoisotopic (exact) mass is 1020 g/mol. The van der Waals surface area contributed by atoms with Crippen LogP contribution in [0.4, 0.5) is 34.1 Å². The summed E-state index contributed by atoms with van der Waals surface area (Å²) in [5.74, 6) is 0. The fourth-order valence-corrected chi connectivity index (χ4v) is 12.8. The second kappa shape index (κ2) is 17.3. The van der Waals surface area contributed by atoms with Crippen LogP contribution in [0.15, 0.2) is 288 Å². The maximum atomic E-state index is 6.80. The van der Waals surface area contributed by atoms with Crippen molar-refractivity contribution in [2.75, 3.05) is 9.80 Å². The number of benzene rings is 13. The molecule has 17 rings (SSSR count). The summed E-state index contributed by atoms with van der Waals surface area (Å²) in [6.45, 7) is 0. The van der Waals surface area contributed by atoms with Crippen molar-refractivity contribution in [2.24, 2.45) is 0 Å². The van der Waals surface area contributed by atoms with Crippen LogP contribution < -0.4 is 9.80 Å². The third-order valence-electron chi connectivity index (χ3n) is 16.3. The van der Waals surface area contributed by atoms with Gasteiger partial charge in [-0.3, -0.25) is 0 Å². The van der Waals surface area contributed by atoms with Gasteiger partial charge in [-0.05, 0) is 149 Å². The van der Waals surface area contributed by atoms with Gasteiger partial charge in [-0.2, -0.15) is 0 Å².